The molecule has 17 heavy (non-hydrogen) atoms. The third-order valence-electron chi connectivity index (χ3n) is 0.819. The summed E-state index contributed by atoms with van der Waals surface area (Å²) in [4.78, 5) is 0. The van der Waals surface area contributed by atoms with Crippen molar-refractivity contribution in [3.8, 4) is 0 Å². The zero-order valence-electron chi connectivity index (χ0n) is 7.49. The number of hydrogen-bond donors (Lipinski definition) is 0. The summed E-state index contributed by atoms with van der Waals surface area (Å²) < 4.78 is 109. The zero-order chi connectivity index (χ0) is 14.4. The van der Waals surface area contributed by atoms with E-state index < -0.39 is 30.1 Å². The fourth-order valence-corrected chi connectivity index (χ4v) is 0.207. The van der Waals surface area contributed by atoms with Gasteiger partial charge in [0.2, 0.25) is 5.83 Å². The van der Waals surface area contributed by atoms with E-state index in [9.17, 15) is 43.9 Å². The highest BCUT2D eigenvalue weighted by atomic mass is 19.4. The van der Waals surface area contributed by atoms with Gasteiger partial charge in [0.25, 0.3) is 5.83 Å². The molecule has 100 valence electrons. The van der Waals surface area contributed by atoms with E-state index in [4.69, 9.17) is 0 Å². The number of rotatable bonds is 0. The average Bonchev–Trinajstić information content (AvgIpc) is 2.13. The minimum absolute atomic E-state index is 1.08. The summed E-state index contributed by atoms with van der Waals surface area (Å²) in [6.45, 7) is 2.47. The summed E-state index contributed by atoms with van der Waals surface area (Å²) in [5.41, 5.74) is 1.08. The second kappa shape index (κ2) is 6.33. The molecule has 0 rings (SSSR count). The van der Waals surface area contributed by atoms with Crippen LogP contribution in [0.25, 0.3) is 0 Å². The molecule has 0 aliphatic heterocycles. The van der Waals surface area contributed by atoms with E-state index in [1.807, 2.05) is 0 Å². The number of allylic oxidation sites excluding steroid dienone is 2. The minimum Gasteiger partial charge on any atom is -0.196 e. The van der Waals surface area contributed by atoms with Gasteiger partial charge in [-0.1, -0.05) is 12.3 Å². The van der Waals surface area contributed by atoms with Crippen molar-refractivity contribution in [2.45, 2.75) is 12.4 Å². The van der Waals surface area contributed by atoms with Crippen LogP contribution in [-0.2, 0) is 0 Å². The summed E-state index contributed by atoms with van der Waals surface area (Å²) in [5, 5.41) is 0. The predicted octanol–water partition coefficient (Wildman–Crippen LogP) is 4.81. The van der Waals surface area contributed by atoms with Crippen LogP contribution in [0, 0.1) is 0 Å². The molecule has 0 atom stereocenters. The molecule has 0 fully saturated rings. The Labute approximate surface area is 87.5 Å². The van der Waals surface area contributed by atoms with Crippen molar-refractivity contribution in [2.24, 2.45) is 0 Å². The Kier molecular flexibility index (Phi) is 6.68. The van der Waals surface area contributed by atoms with Crippen molar-refractivity contribution in [1.29, 1.82) is 0 Å². The Hall–Kier alpha value is -1.44. The molecule has 0 heterocycles. The van der Waals surface area contributed by atoms with Crippen LogP contribution in [-0.4, -0.2) is 12.4 Å². The second-order valence-electron chi connectivity index (χ2n) is 2.06. The van der Waals surface area contributed by atoms with E-state index in [0.29, 0.717) is 0 Å². The first-order valence-corrected chi connectivity index (χ1v) is 3.24. The molecule has 10 heteroatoms. The smallest absolute Gasteiger partial charge is 0.196 e. The molecule has 0 aromatic rings. The van der Waals surface area contributed by atoms with Gasteiger partial charge < -0.3 is 0 Å². The molecule has 0 unspecified atom stereocenters. The number of hydrogen-bond acceptors (Lipinski definition) is 0. The fourth-order valence-electron chi connectivity index (χ4n) is 0.207. The van der Waals surface area contributed by atoms with Crippen molar-refractivity contribution in [3.63, 3.8) is 0 Å². The summed E-state index contributed by atoms with van der Waals surface area (Å²) in [7, 11) is 0. The largest absolute Gasteiger partial charge is 0.450 e. The van der Waals surface area contributed by atoms with Crippen LogP contribution in [0.3, 0.4) is 0 Å². The highest BCUT2D eigenvalue weighted by molar-refractivity contribution is 4.98. The molecular formula is C7H2F10. The van der Waals surface area contributed by atoms with Crippen molar-refractivity contribution >= 4 is 0 Å². The highest BCUT2D eigenvalue weighted by Gasteiger charge is 2.38. The Balaban J connectivity index is 0. The van der Waals surface area contributed by atoms with Crippen molar-refractivity contribution in [3.05, 3.63) is 30.0 Å². The summed E-state index contributed by atoms with van der Waals surface area (Å²) in [6, 6.07) is 0. The van der Waals surface area contributed by atoms with Crippen LogP contribution < -0.4 is 0 Å². The van der Waals surface area contributed by atoms with Crippen molar-refractivity contribution in [2.75, 3.05) is 0 Å². The molecule has 0 amide bonds. The van der Waals surface area contributed by atoms with Gasteiger partial charge in [-0.3, -0.25) is 0 Å². The number of halogens is 10. The molecule has 0 aromatic carbocycles. The summed E-state index contributed by atoms with van der Waals surface area (Å²) >= 11 is 0. The summed E-state index contributed by atoms with van der Waals surface area (Å²) in [5.74, 6) is -5.61. The van der Waals surface area contributed by atoms with Crippen molar-refractivity contribution in [1.82, 2.24) is 0 Å². The molecule has 0 saturated carbocycles. The van der Waals surface area contributed by atoms with Crippen LogP contribution in [0.5, 0.6) is 0 Å². The van der Waals surface area contributed by atoms with Gasteiger partial charge in [0.15, 0.2) is 0 Å². The monoisotopic (exact) mass is 276 g/mol. The molecule has 0 saturated heterocycles. The summed E-state index contributed by atoms with van der Waals surface area (Å²) in [6.07, 6.45) is -13.8. The fraction of sp³-hybridized carbons (Fsp3) is 0.286. The molecule has 0 spiro atoms. The maximum atomic E-state index is 11.3. The lowest BCUT2D eigenvalue weighted by atomic mass is 10.5. The van der Waals surface area contributed by atoms with E-state index in [-0.39, 0.29) is 0 Å². The van der Waals surface area contributed by atoms with E-state index in [2.05, 4.69) is 6.58 Å². The third kappa shape index (κ3) is 8.38. The molecule has 0 aliphatic rings. The molecular weight excluding hydrogens is 274 g/mol. The predicted molar refractivity (Wildman–Crippen MR) is 36.2 cm³/mol. The SMILES string of the molecule is C=C=C(F)C(F)(F)F.FC(F)=C(F)C(F)(F)F. The first kappa shape index (κ1) is 17.9. The average molecular weight is 276 g/mol. The van der Waals surface area contributed by atoms with Crippen LogP contribution in [0.1, 0.15) is 0 Å². The molecule has 0 aromatic heterocycles. The van der Waals surface area contributed by atoms with Gasteiger partial charge in [-0.15, -0.1) is 0 Å². The highest BCUT2D eigenvalue weighted by Crippen LogP contribution is 2.29. The Morgan fingerprint density at radius 3 is 1.12 bits per heavy atom. The normalized spacial score (nSPS) is 10.9. The van der Waals surface area contributed by atoms with E-state index in [1.54, 1.807) is 0 Å². The number of alkyl halides is 6. The van der Waals surface area contributed by atoms with Gasteiger partial charge in [0.05, 0.1) is 0 Å². The lowest BCUT2D eigenvalue weighted by Crippen LogP contribution is -2.08. The lowest BCUT2D eigenvalue weighted by Gasteiger charge is -1.98. The quantitative estimate of drug-likeness (QED) is 0.440. The van der Waals surface area contributed by atoms with Crippen LogP contribution >= 0.6 is 0 Å². The molecule has 0 radical (unpaired) electrons. The second-order valence-corrected chi connectivity index (χ2v) is 2.06. The van der Waals surface area contributed by atoms with Gasteiger partial charge in [0, 0.05) is 0 Å². The van der Waals surface area contributed by atoms with Crippen molar-refractivity contribution < 1.29 is 43.9 Å². The van der Waals surface area contributed by atoms with Crippen LogP contribution in [0.15, 0.2) is 30.0 Å². The van der Waals surface area contributed by atoms with Crippen LogP contribution in [0.2, 0.25) is 0 Å². The van der Waals surface area contributed by atoms with E-state index in [1.165, 1.54) is 0 Å². The molecule has 0 nitrogen and oxygen atoms in total. The van der Waals surface area contributed by atoms with Crippen LogP contribution in [0.4, 0.5) is 43.9 Å². The Morgan fingerprint density at radius 1 is 0.765 bits per heavy atom. The molecule has 0 N–H and O–H groups in total. The van der Waals surface area contributed by atoms with Gasteiger partial charge in [-0.25, -0.2) is 0 Å². The van der Waals surface area contributed by atoms with Gasteiger partial charge in [-0.2, -0.15) is 43.9 Å². The Bertz CT molecular complexity index is 320. The van der Waals surface area contributed by atoms with Gasteiger partial charge in [0.1, 0.15) is 0 Å². The third-order valence-corrected chi connectivity index (χ3v) is 0.819. The van der Waals surface area contributed by atoms with Gasteiger partial charge >= 0.3 is 18.4 Å². The van der Waals surface area contributed by atoms with Gasteiger partial charge in [-0.05, 0) is 0 Å². The standard InChI is InChI=1S/C4H2F4.C3F6/c1-2-3(5)4(6,7)8;4-1(2(5)6)3(7,8)9/h1H2;. The first-order valence-electron chi connectivity index (χ1n) is 3.24. The zero-order valence-corrected chi connectivity index (χ0v) is 7.49. The van der Waals surface area contributed by atoms with E-state index in [0.717, 1.165) is 5.73 Å². The Morgan fingerprint density at radius 2 is 1.12 bits per heavy atom. The molecule has 0 bridgehead atoms. The maximum absolute atomic E-state index is 11.3. The minimum atomic E-state index is -5.56. The lowest BCUT2D eigenvalue weighted by molar-refractivity contribution is -0.113. The first-order chi connectivity index (χ1) is 7.34. The van der Waals surface area contributed by atoms with E-state index >= 15 is 0 Å². The maximum Gasteiger partial charge on any atom is 0.450 e. The molecule has 0 aliphatic carbocycles. The topological polar surface area (TPSA) is 0 Å².